The van der Waals surface area contributed by atoms with Gasteiger partial charge in [0.25, 0.3) is 0 Å². The Morgan fingerprint density at radius 1 is 0.964 bits per heavy atom. The third-order valence-electron chi connectivity index (χ3n) is 4.00. The maximum absolute atomic E-state index is 12.0. The van der Waals surface area contributed by atoms with E-state index < -0.39 is 5.60 Å². The van der Waals surface area contributed by atoms with E-state index in [4.69, 9.17) is 10.5 Å². The first kappa shape index (κ1) is 27.5. The molecule has 1 amide bonds. The number of thioether (sulfide) groups is 1. The molecule has 0 aromatic carbocycles. The van der Waals surface area contributed by atoms with Crippen molar-refractivity contribution in [2.24, 2.45) is 5.73 Å². The minimum atomic E-state index is -0.465. The van der Waals surface area contributed by atoms with E-state index in [2.05, 4.69) is 27.5 Å². The quantitative estimate of drug-likeness (QED) is 0.216. The second-order valence-electron chi connectivity index (χ2n) is 8.03. The number of ether oxygens (including phenoxy) is 1. The predicted molar refractivity (Wildman–Crippen MR) is 122 cm³/mol. The number of rotatable bonds is 18. The highest BCUT2D eigenvalue weighted by Crippen LogP contribution is 2.08. The zero-order valence-electron chi connectivity index (χ0n) is 18.6. The lowest BCUT2D eigenvalue weighted by Crippen LogP contribution is -2.45. The SMILES string of the molecule is CSCC[C@@H](CNCCCNCCCCNCCCN)NC(=O)OC(C)(C)C. The number of carbonyl (C=O) groups is 1. The fourth-order valence-corrected chi connectivity index (χ4v) is 3.07. The number of unbranched alkanes of at least 4 members (excludes halogenated alkanes) is 1. The highest BCUT2D eigenvalue weighted by atomic mass is 32.2. The second-order valence-corrected chi connectivity index (χ2v) is 9.02. The Morgan fingerprint density at radius 2 is 1.54 bits per heavy atom. The van der Waals surface area contributed by atoms with Crippen LogP contribution in [-0.2, 0) is 4.74 Å². The number of hydrogen-bond acceptors (Lipinski definition) is 7. The Morgan fingerprint density at radius 3 is 2.11 bits per heavy atom. The zero-order chi connectivity index (χ0) is 21.1. The van der Waals surface area contributed by atoms with Crippen molar-refractivity contribution in [1.82, 2.24) is 21.3 Å². The molecule has 0 bridgehead atoms. The first-order chi connectivity index (χ1) is 13.4. The summed E-state index contributed by atoms with van der Waals surface area (Å²) in [5, 5.41) is 13.3. The third-order valence-corrected chi connectivity index (χ3v) is 4.65. The summed E-state index contributed by atoms with van der Waals surface area (Å²) >= 11 is 1.79. The van der Waals surface area contributed by atoms with E-state index in [0.29, 0.717) is 0 Å². The van der Waals surface area contributed by atoms with Gasteiger partial charge in [-0.2, -0.15) is 11.8 Å². The van der Waals surface area contributed by atoms with E-state index in [1.165, 1.54) is 12.8 Å². The van der Waals surface area contributed by atoms with Crippen LogP contribution in [0, 0.1) is 0 Å². The molecule has 0 aliphatic heterocycles. The van der Waals surface area contributed by atoms with Crippen molar-refractivity contribution in [3.63, 3.8) is 0 Å². The van der Waals surface area contributed by atoms with Crippen molar-refractivity contribution >= 4 is 17.9 Å². The molecular formula is C20H45N5O2S. The molecule has 0 unspecified atom stereocenters. The Bertz CT molecular complexity index is 367. The molecule has 8 heteroatoms. The summed E-state index contributed by atoms with van der Waals surface area (Å²) in [4.78, 5) is 12.0. The molecular weight excluding hydrogens is 374 g/mol. The molecule has 0 aromatic heterocycles. The molecule has 28 heavy (non-hydrogen) atoms. The normalized spacial score (nSPS) is 12.8. The van der Waals surface area contributed by atoms with Gasteiger partial charge in [0, 0.05) is 12.6 Å². The van der Waals surface area contributed by atoms with Crippen molar-refractivity contribution < 1.29 is 9.53 Å². The molecule has 1 atom stereocenters. The number of nitrogens with one attached hydrogen (secondary N) is 4. The molecule has 0 radical (unpaired) electrons. The first-order valence-corrected chi connectivity index (χ1v) is 12.1. The van der Waals surface area contributed by atoms with E-state index in [1.807, 2.05) is 20.8 Å². The van der Waals surface area contributed by atoms with Gasteiger partial charge in [-0.1, -0.05) is 0 Å². The van der Waals surface area contributed by atoms with E-state index in [1.54, 1.807) is 11.8 Å². The van der Waals surface area contributed by atoms with Gasteiger partial charge in [-0.15, -0.1) is 0 Å². The van der Waals surface area contributed by atoms with Crippen LogP contribution in [0.5, 0.6) is 0 Å². The summed E-state index contributed by atoms with van der Waals surface area (Å²) in [6.07, 6.45) is 7.21. The van der Waals surface area contributed by atoms with Crippen molar-refractivity contribution in [2.75, 3.05) is 57.8 Å². The Labute approximate surface area is 177 Å². The molecule has 6 N–H and O–H groups in total. The van der Waals surface area contributed by atoms with Crippen LogP contribution < -0.4 is 27.0 Å². The van der Waals surface area contributed by atoms with Gasteiger partial charge in [-0.25, -0.2) is 4.79 Å². The third kappa shape index (κ3) is 20.2. The monoisotopic (exact) mass is 419 g/mol. The fraction of sp³-hybridized carbons (Fsp3) is 0.950. The Balaban J connectivity index is 3.67. The van der Waals surface area contributed by atoms with Crippen LogP contribution in [0.25, 0.3) is 0 Å². The van der Waals surface area contributed by atoms with Crippen LogP contribution in [0.4, 0.5) is 4.79 Å². The molecule has 0 rings (SSSR count). The summed E-state index contributed by atoms with van der Waals surface area (Å²) in [5.41, 5.74) is 5.00. The second kappa shape index (κ2) is 18.5. The molecule has 7 nitrogen and oxygen atoms in total. The van der Waals surface area contributed by atoms with Crippen molar-refractivity contribution in [2.45, 2.75) is 64.5 Å². The van der Waals surface area contributed by atoms with Gasteiger partial charge in [-0.3, -0.25) is 0 Å². The van der Waals surface area contributed by atoms with Gasteiger partial charge in [-0.05, 0) is 104 Å². The lowest BCUT2D eigenvalue weighted by Gasteiger charge is -2.24. The van der Waals surface area contributed by atoms with Gasteiger partial charge in [0.15, 0.2) is 0 Å². The minimum absolute atomic E-state index is 0.0991. The van der Waals surface area contributed by atoms with E-state index >= 15 is 0 Å². The van der Waals surface area contributed by atoms with Gasteiger partial charge in [0.2, 0.25) is 0 Å². The number of amides is 1. The molecule has 0 saturated carbocycles. The van der Waals surface area contributed by atoms with E-state index in [-0.39, 0.29) is 12.1 Å². The van der Waals surface area contributed by atoms with Crippen LogP contribution in [0.15, 0.2) is 0 Å². The smallest absolute Gasteiger partial charge is 0.407 e. The predicted octanol–water partition coefficient (Wildman–Crippen LogP) is 1.92. The standard InChI is InChI=1S/C20H45N5O2S/c1-20(2,3)27-19(26)25-18(9-16-28-4)17-24-15-8-14-23-12-6-5-11-22-13-7-10-21/h18,22-24H,5-17,21H2,1-4H3,(H,25,26)/t18-/m0/s1. The number of hydrogen-bond donors (Lipinski definition) is 5. The Hall–Kier alpha value is -0.540. The summed E-state index contributed by atoms with van der Waals surface area (Å²) in [7, 11) is 0. The van der Waals surface area contributed by atoms with Gasteiger partial charge >= 0.3 is 6.09 Å². The van der Waals surface area contributed by atoms with Crippen molar-refractivity contribution in [3.8, 4) is 0 Å². The number of carbonyl (C=O) groups excluding carboxylic acids is 1. The van der Waals surface area contributed by atoms with Crippen molar-refractivity contribution in [1.29, 1.82) is 0 Å². The van der Waals surface area contributed by atoms with Crippen LogP contribution in [-0.4, -0.2) is 75.6 Å². The molecule has 0 spiro atoms. The lowest BCUT2D eigenvalue weighted by molar-refractivity contribution is 0.0503. The average molecular weight is 420 g/mol. The van der Waals surface area contributed by atoms with E-state index in [9.17, 15) is 4.79 Å². The topological polar surface area (TPSA) is 100 Å². The molecule has 168 valence electrons. The molecule has 0 aliphatic carbocycles. The molecule has 0 aromatic rings. The summed E-state index contributed by atoms with van der Waals surface area (Å²) in [6, 6.07) is 0.0991. The largest absolute Gasteiger partial charge is 0.444 e. The summed E-state index contributed by atoms with van der Waals surface area (Å²) in [5.74, 6) is 1.02. The van der Waals surface area contributed by atoms with Gasteiger partial charge in [0.1, 0.15) is 5.60 Å². The Kier molecular flexibility index (Phi) is 18.1. The molecule has 0 fully saturated rings. The number of alkyl carbamates (subject to hydrolysis) is 1. The van der Waals surface area contributed by atoms with Crippen LogP contribution in [0.1, 0.15) is 52.9 Å². The summed E-state index contributed by atoms with van der Waals surface area (Å²) in [6.45, 7) is 12.3. The van der Waals surface area contributed by atoms with Gasteiger partial charge in [0.05, 0.1) is 0 Å². The summed E-state index contributed by atoms with van der Waals surface area (Å²) < 4.78 is 5.36. The van der Waals surface area contributed by atoms with Crippen molar-refractivity contribution in [3.05, 3.63) is 0 Å². The first-order valence-electron chi connectivity index (χ1n) is 10.7. The number of nitrogens with two attached hydrogens (primary N) is 1. The van der Waals surface area contributed by atoms with Crippen LogP contribution in [0.2, 0.25) is 0 Å². The molecule has 0 aliphatic rings. The van der Waals surface area contributed by atoms with E-state index in [0.717, 1.165) is 70.8 Å². The maximum Gasteiger partial charge on any atom is 0.407 e. The van der Waals surface area contributed by atoms with Crippen LogP contribution >= 0.6 is 11.8 Å². The minimum Gasteiger partial charge on any atom is -0.444 e. The van der Waals surface area contributed by atoms with Crippen LogP contribution in [0.3, 0.4) is 0 Å². The zero-order valence-corrected chi connectivity index (χ0v) is 19.4. The average Bonchev–Trinajstić information content (AvgIpc) is 2.61. The highest BCUT2D eigenvalue weighted by Gasteiger charge is 2.19. The molecule has 0 saturated heterocycles. The molecule has 0 heterocycles. The fourth-order valence-electron chi connectivity index (χ4n) is 2.55. The highest BCUT2D eigenvalue weighted by molar-refractivity contribution is 7.98. The maximum atomic E-state index is 12.0. The lowest BCUT2D eigenvalue weighted by atomic mass is 10.2. The van der Waals surface area contributed by atoms with Gasteiger partial charge < -0.3 is 31.7 Å².